The summed E-state index contributed by atoms with van der Waals surface area (Å²) in [4.78, 5) is 0. The molecule has 0 aromatic heterocycles. The first-order valence-corrected chi connectivity index (χ1v) is 16.9. The molecule has 0 radical (unpaired) electrons. The van der Waals surface area contributed by atoms with Gasteiger partial charge in [-0.15, -0.1) is 0 Å². The summed E-state index contributed by atoms with van der Waals surface area (Å²) in [5, 5.41) is 4.19. The third kappa shape index (κ3) is 9.90. The minimum atomic E-state index is -1.75. The molecule has 4 aromatic carbocycles. The zero-order valence-corrected chi connectivity index (χ0v) is 20.5. The van der Waals surface area contributed by atoms with E-state index in [0.29, 0.717) is 0 Å². The van der Waals surface area contributed by atoms with Gasteiger partial charge in [0.25, 0.3) is 0 Å². The maximum atomic E-state index is 4.95. The van der Waals surface area contributed by atoms with Crippen LogP contribution in [0.1, 0.15) is 0 Å². The van der Waals surface area contributed by atoms with E-state index in [9.17, 15) is 0 Å². The van der Waals surface area contributed by atoms with Crippen molar-refractivity contribution in [3.8, 4) is 0 Å². The maximum absolute atomic E-state index is 4.95. The molecule has 0 saturated carbocycles. The summed E-state index contributed by atoms with van der Waals surface area (Å²) in [5.41, 5.74) is 0. The van der Waals surface area contributed by atoms with Gasteiger partial charge >= 0.3 is 42.1 Å². The van der Waals surface area contributed by atoms with Crippen LogP contribution < -0.4 is 15.9 Å². The molecule has 29 heavy (non-hydrogen) atoms. The Morgan fingerprint density at radius 2 is 0.552 bits per heavy atom. The normalized spacial score (nSPS) is 10.1. The van der Waals surface area contributed by atoms with Gasteiger partial charge in [0, 0.05) is 0 Å². The van der Waals surface area contributed by atoms with E-state index in [4.69, 9.17) is 29.1 Å². The molecule has 4 aromatic rings. The molecule has 0 aliphatic heterocycles. The first kappa shape index (κ1) is 24.1. The second kappa shape index (κ2) is 14.7. The predicted octanol–water partition coefficient (Wildman–Crippen LogP) is 7.20. The van der Waals surface area contributed by atoms with Gasteiger partial charge in [-0.05, 0) is 23.8 Å². The van der Waals surface area contributed by atoms with Crippen LogP contribution in [0.15, 0.2) is 127 Å². The van der Waals surface area contributed by atoms with Gasteiger partial charge < -0.3 is 0 Å². The van der Waals surface area contributed by atoms with Crippen molar-refractivity contribution in [1.82, 2.24) is 0 Å². The van der Waals surface area contributed by atoms with E-state index in [1.165, 1.54) is 15.9 Å². The summed E-state index contributed by atoms with van der Waals surface area (Å²) in [5.74, 6) is 0. The van der Waals surface area contributed by atoms with Gasteiger partial charge in [0.2, 0.25) is 0 Å². The van der Waals surface area contributed by atoms with Crippen LogP contribution in [0, 0.1) is 0 Å². The monoisotopic (exact) mass is 547 g/mol. The van der Waals surface area contributed by atoms with Gasteiger partial charge in [0.1, 0.15) is 0 Å². The Labute approximate surface area is 192 Å². The van der Waals surface area contributed by atoms with Crippen LogP contribution in [0.2, 0.25) is 0 Å². The molecule has 0 heterocycles. The number of rotatable bonds is 3. The Kier molecular flexibility index (Phi) is 12.2. The van der Waals surface area contributed by atoms with Crippen LogP contribution in [-0.4, -0.2) is 0 Å². The molecule has 0 unspecified atom stereocenters. The van der Waals surface area contributed by atoms with Crippen LogP contribution in [0.4, 0.5) is 0 Å². The standard InChI is InChI=1S/C18H15P.C6H6.3ClH.Ru/c1-4-10-16(11-5-1)19(17-12-6-2-7-13-17)18-14-8-3-9-15-18;1-2-4-6-5-3-1;;;;/h1-15H;1-6H;3*1H;/q;;;;;+3/p-3. The fourth-order valence-electron chi connectivity index (χ4n) is 2.56. The fourth-order valence-corrected chi connectivity index (χ4v) is 4.87. The van der Waals surface area contributed by atoms with Crippen molar-refractivity contribution >= 4 is 52.9 Å². The Balaban J connectivity index is 0.000000248. The first-order chi connectivity index (χ1) is 14.2. The zero-order valence-electron chi connectivity index (χ0n) is 15.6. The number of hydrogen-bond acceptors (Lipinski definition) is 0. The molecule has 0 amide bonds. The summed E-state index contributed by atoms with van der Waals surface area (Å²) < 4.78 is 0. The van der Waals surface area contributed by atoms with Crippen LogP contribution in [0.5, 0.6) is 0 Å². The van der Waals surface area contributed by atoms with Gasteiger partial charge in [-0.2, -0.15) is 0 Å². The van der Waals surface area contributed by atoms with Crippen molar-refractivity contribution in [2.24, 2.45) is 0 Å². The molecular formula is C24H21Cl3PRu. The van der Waals surface area contributed by atoms with Crippen LogP contribution in [0.25, 0.3) is 0 Å². The molecule has 0 fully saturated rings. The van der Waals surface area contributed by atoms with Gasteiger partial charge in [-0.25, -0.2) is 0 Å². The molecule has 0 bridgehead atoms. The molecule has 0 aliphatic carbocycles. The van der Waals surface area contributed by atoms with Gasteiger partial charge in [0.15, 0.2) is 0 Å². The van der Waals surface area contributed by atoms with Gasteiger partial charge in [-0.1, -0.05) is 127 Å². The number of hydrogen-bond donors (Lipinski definition) is 0. The van der Waals surface area contributed by atoms with Crippen LogP contribution >= 0.6 is 37.0 Å². The summed E-state index contributed by atoms with van der Waals surface area (Å²) >= 11 is -1.75. The molecule has 0 nitrogen and oxygen atoms in total. The third-order valence-corrected chi connectivity index (χ3v) is 6.15. The molecular weight excluding hydrogens is 527 g/mol. The second-order valence-electron chi connectivity index (χ2n) is 5.65. The van der Waals surface area contributed by atoms with Crippen molar-refractivity contribution in [1.29, 1.82) is 0 Å². The van der Waals surface area contributed by atoms with Gasteiger partial charge in [-0.3, -0.25) is 0 Å². The van der Waals surface area contributed by atoms with E-state index >= 15 is 0 Å². The smallest absolute Gasteiger partial charge is 0.0134 e. The second-order valence-corrected chi connectivity index (χ2v) is 15.8. The van der Waals surface area contributed by atoms with Crippen molar-refractivity contribution in [3.63, 3.8) is 0 Å². The molecule has 0 atom stereocenters. The zero-order chi connectivity index (χ0) is 20.7. The SMILES string of the molecule is [Cl][Ru]([Cl])[Cl].c1ccc(P(c2ccccc2)c2ccccc2)cc1.c1ccccc1. The van der Waals surface area contributed by atoms with E-state index < -0.39 is 20.9 Å². The summed E-state index contributed by atoms with van der Waals surface area (Å²) in [7, 11) is 14.4. The third-order valence-electron chi connectivity index (χ3n) is 3.71. The average Bonchev–Trinajstić information content (AvgIpc) is 2.78. The molecule has 5 heteroatoms. The van der Waals surface area contributed by atoms with E-state index in [1.807, 2.05) is 36.4 Å². The number of benzene rings is 4. The number of halogens is 3. The Morgan fingerprint density at radius 3 is 0.759 bits per heavy atom. The summed E-state index contributed by atoms with van der Waals surface area (Å²) in [6.45, 7) is 0. The summed E-state index contributed by atoms with van der Waals surface area (Å²) in [6.07, 6.45) is 0. The minimum absolute atomic E-state index is 0.446. The fraction of sp³-hybridized carbons (Fsp3) is 0. The Morgan fingerprint density at radius 1 is 0.379 bits per heavy atom. The van der Waals surface area contributed by atoms with E-state index in [2.05, 4.69) is 91.0 Å². The largest absolute Gasteiger partial charge is 0.0623 e. The van der Waals surface area contributed by atoms with E-state index in [-0.39, 0.29) is 0 Å². The average molecular weight is 548 g/mol. The van der Waals surface area contributed by atoms with Crippen molar-refractivity contribution in [3.05, 3.63) is 127 Å². The van der Waals surface area contributed by atoms with E-state index in [0.717, 1.165) is 0 Å². The summed E-state index contributed by atoms with van der Waals surface area (Å²) in [6, 6.07) is 44.3. The van der Waals surface area contributed by atoms with E-state index in [1.54, 1.807) is 0 Å². The minimum Gasteiger partial charge on any atom is -0.0623 e. The van der Waals surface area contributed by atoms with Crippen molar-refractivity contribution in [2.45, 2.75) is 0 Å². The Bertz CT molecular complexity index is 769. The Hall–Kier alpha value is -1.20. The van der Waals surface area contributed by atoms with Crippen molar-refractivity contribution in [2.75, 3.05) is 0 Å². The molecule has 4 rings (SSSR count). The quantitative estimate of drug-likeness (QED) is 0.188. The molecule has 0 spiro atoms. The topological polar surface area (TPSA) is 0 Å². The molecule has 0 saturated heterocycles. The van der Waals surface area contributed by atoms with Crippen LogP contribution in [-0.2, 0) is 13.0 Å². The molecule has 0 aliphatic rings. The van der Waals surface area contributed by atoms with Crippen molar-refractivity contribution < 1.29 is 13.0 Å². The molecule has 0 N–H and O–H groups in total. The predicted molar refractivity (Wildman–Crippen MR) is 129 cm³/mol. The first-order valence-electron chi connectivity index (χ1n) is 8.80. The van der Waals surface area contributed by atoms with Crippen LogP contribution in [0.3, 0.4) is 0 Å². The molecule has 151 valence electrons. The maximum Gasteiger partial charge on any atom is -0.0134 e. The van der Waals surface area contributed by atoms with Gasteiger partial charge in [0.05, 0.1) is 0 Å².